The lowest BCUT2D eigenvalue weighted by atomic mass is 9.78. The minimum Gasteiger partial charge on any atom is -0.497 e. The number of carbonyl (C=O) groups is 1. The molecule has 2 aromatic carbocycles. The number of rotatable bonds is 5. The Kier molecular flexibility index (Phi) is 5.37. The van der Waals surface area contributed by atoms with Gasteiger partial charge < -0.3 is 24.8 Å². The zero-order valence-corrected chi connectivity index (χ0v) is 18.5. The molecule has 1 aromatic heterocycles. The maximum Gasteiger partial charge on any atom is 0.219 e. The molecule has 0 unspecified atom stereocenters. The van der Waals surface area contributed by atoms with E-state index in [1.807, 2.05) is 42.5 Å². The van der Waals surface area contributed by atoms with Crippen LogP contribution in [0.2, 0.25) is 0 Å². The molecule has 2 N–H and O–H groups in total. The number of hydrogen-bond donors (Lipinski definition) is 2. The first kappa shape index (κ1) is 20.9. The molecule has 0 bridgehead atoms. The number of para-hydroxylation sites is 1. The van der Waals surface area contributed by atoms with Crippen LogP contribution in [0.15, 0.2) is 58.4 Å². The summed E-state index contributed by atoms with van der Waals surface area (Å²) in [6.07, 6.45) is 1.01. The third-order valence-corrected chi connectivity index (χ3v) is 6.17. The average molecular weight is 448 g/mol. The SMILES string of the molecule is COc1ccc([C@H]2CC(=O)C3=C(C2)Nc2nonc2N[C@@H]3c2cccc(OC)c2OC)cc1. The maximum atomic E-state index is 13.6. The summed E-state index contributed by atoms with van der Waals surface area (Å²) in [5.74, 6) is 2.82. The highest BCUT2D eigenvalue weighted by molar-refractivity contribution is 6.01. The molecule has 5 rings (SSSR count). The number of aromatic nitrogens is 2. The van der Waals surface area contributed by atoms with Gasteiger partial charge in [-0.3, -0.25) is 4.79 Å². The number of carbonyl (C=O) groups excluding carboxylic acids is 1. The third-order valence-electron chi connectivity index (χ3n) is 6.17. The van der Waals surface area contributed by atoms with Crippen molar-refractivity contribution >= 4 is 17.4 Å². The van der Waals surface area contributed by atoms with E-state index in [9.17, 15) is 4.79 Å². The lowest BCUT2D eigenvalue weighted by molar-refractivity contribution is -0.116. The zero-order chi connectivity index (χ0) is 22.9. The molecule has 0 saturated heterocycles. The summed E-state index contributed by atoms with van der Waals surface area (Å²) < 4.78 is 21.4. The van der Waals surface area contributed by atoms with Gasteiger partial charge in [0.15, 0.2) is 17.3 Å². The van der Waals surface area contributed by atoms with Crippen LogP contribution >= 0.6 is 0 Å². The van der Waals surface area contributed by atoms with Crippen LogP contribution in [0, 0.1) is 0 Å². The fraction of sp³-hybridized carbons (Fsp3) is 0.292. The quantitative estimate of drug-likeness (QED) is 0.597. The van der Waals surface area contributed by atoms with Crippen molar-refractivity contribution < 1.29 is 23.6 Å². The van der Waals surface area contributed by atoms with Gasteiger partial charge in [0, 0.05) is 23.3 Å². The van der Waals surface area contributed by atoms with Crippen molar-refractivity contribution in [2.75, 3.05) is 32.0 Å². The summed E-state index contributed by atoms with van der Waals surface area (Å²) in [6, 6.07) is 12.9. The van der Waals surface area contributed by atoms with Crippen LogP contribution in [0.4, 0.5) is 11.6 Å². The van der Waals surface area contributed by atoms with Gasteiger partial charge in [0.05, 0.1) is 27.4 Å². The standard InChI is InChI=1S/C24H24N4O5/c1-30-15-9-7-13(8-10-15)14-11-17-20(18(29)12-14)21(26-24-23(25-17)27-33-28-24)16-5-4-6-19(31-2)22(16)32-3/h4-10,14,21H,11-12H2,1-3H3,(H,25,27)(H,26,28)/t14-,21-/m1/s1. The Morgan fingerprint density at radius 1 is 0.939 bits per heavy atom. The van der Waals surface area contributed by atoms with Gasteiger partial charge in [-0.05, 0) is 46.4 Å². The van der Waals surface area contributed by atoms with Gasteiger partial charge in [-0.2, -0.15) is 0 Å². The molecule has 33 heavy (non-hydrogen) atoms. The third kappa shape index (κ3) is 3.65. The van der Waals surface area contributed by atoms with Crippen molar-refractivity contribution in [2.24, 2.45) is 0 Å². The van der Waals surface area contributed by atoms with Gasteiger partial charge in [-0.25, -0.2) is 4.63 Å². The van der Waals surface area contributed by atoms with E-state index in [1.54, 1.807) is 21.3 Å². The molecule has 0 radical (unpaired) electrons. The Labute approximate surface area is 190 Å². The lowest BCUT2D eigenvalue weighted by Gasteiger charge is -2.30. The Morgan fingerprint density at radius 2 is 1.73 bits per heavy atom. The molecule has 9 heteroatoms. The van der Waals surface area contributed by atoms with Crippen LogP contribution in [-0.2, 0) is 4.79 Å². The number of hydrogen-bond acceptors (Lipinski definition) is 9. The number of allylic oxidation sites excluding steroid dienone is 1. The van der Waals surface area contributed by atoms with Gasteiger partial charge >= 0.3 is 0 Å². The average Bonchev–Trinajstić information content (AvgIpc) is 3.22. The zero-order valence-electron chi connectivity index (χ0n) is 18.5. The van der Waals surface area contributed by atoms with E-state index in [2.05, 4.69) is 20.9 Å². The molecule has 170 valence electrons. The number of ether oxygens (including phenoxy) is 3. The molecule has 0 spiro atoms. The van der Waals surface area contributed by atoms with Gasteiger partial charge in [0.1, 0.15) is 5.75 Å². The van der Waals surface area contributed by atoms with Crippen LogP contribution in [0.5, 0.6) is 17.2 Å². The van der Waals surface area contributed by atoms with E-state index in [0.29, 0.717) is 41.5 Å². The summed E-state index contributed by atoms with van der Waals surface area (Å²) >= 11 is 0. The van der Waals surface area contributed by atoms with E-state index in [0.717, 1.165) is 22.6 Å². The number of ketones is 1. The first-order valence-electron chi connectivity index (χ1n) is 10.6. The minimum absolute atomic E-state index is 0.0175. The number of nitrogens with one attached hydrogen (secondary N) is 2. The Bertz CT molecular complexity index is 1220. The highest BCUT2D eigenvalue weighted by Gasteiger charge is 2.38. The van der Waals surface area contributed by atoms with Crippen LogP contribution in [0.1, 0.15) is 35.9 Å². The van der Waals surface area contributed by atoms with Crippen molar-refractivity contribution in [3.05, 3.63) is 64.9 Å². The van der Waals surface area contributed by atoms with Crippen molar-refractivity contribution in [1.29, 1.82) is 0 Å². The highest BCUT2D eigenvalue weighted by Crippen LogP contribution is 2.46. The highest BCUT2D eigenvalue weighted by atomic mass is 16.6. The number of Topliss-reactive ketones (excluding diaryl/α,β-unsaturated/α-hetero) is 1. The van der Waals surface area contributed by atoms with Gasteiger partial charge in [-0.1, -0.05) is 24.3 Å². The van der Waals surface area contributed by atoms with Crippen molar-refractivity contribution in [3.8, 4) is 17.2 Å². The van der Waals surface area contributed by atoms with Gasteiger partial charge in [0.2, 0.25) is 11.6 Å². The van der Waals surface area contributed by atoms with Gasteiger partial charge in [-0.15, -0.1) is 0 Å². The number of nitrogens with zero attached hydrogens (tertiary/aromatic N) is 2. The summed E-state index contributed by atoms with van der Waals surface area (Å²) in [7, 11) is 4.80. The van der Waals surface area contributed by atoms with E-state index in [-0.39, 0.29) is 11.7 Å². The smallest absolute Gasteiger partial charge is 0.219 e. The summed E-state index contributed by atoms with van der Waals surface area (Å²) in [6.45, 7) is 0. The first-order chi connectivity index (χ1) is 16.1. The van der Waals surface area contributed by atoms with Crippen molar-refractivity contribution in [1.82, 2.24) is 10.3 Å². The fourth-order valence-electron chi connectivity index (χ4n) is 4.59. The van der Waals surface area contributed by atoms with E-state index in [1.165, 1.54) is 0 Å². The molecule has 0 amide bonds. The van der Waals surface area contributed by atoms with Crippen LogP contribution in [-0.4, -0.2) is 37.4 Å². The summed E-state index contributed by atoms with van der Waals surface area (Å²) in [5, 5.41) is 14.6. The number of benzene rings is 2. The topological polar surface area (TPSA) is 108 Å². The minimum atomic E-state index is -0.519. The molecule has 0 saturated carbocycles. The van der Waals surface area contributed by atoms with Crippen molar-refractivity contribution in [3.63, 3.8) is 0 Å². The molecule has 0 fully saturated rings. The number of methoxy groups -OCH3 is 3. The van der Waals surface area contributed by atoms with Crippen LogP contribution < -0.4 is 24.8 Å². The van der Waals surface area contributed by atoms with E-state index < -0.39 is 6.04 Å². The summed E-state index contributed by atoms with van der Waals surface area (Å²) in [5.41, 5.74) is 3.25. The van der Waals surface area contributed by atoms with Crippen molar-refractivity contribution in [2.45, 2.75) is 24.8 Å². The molecule has 3 aromatic rings. The predicted molar refractivity (Wildman–Crippen MR) is 121 cm³/mol. The number of fused-ring (bicyclic) bond motifs is 1. The lowest BCUT2D eigenvalue weighted by Crippen LogP contribution is -2.27. The Balaban J connectivity index is 1.60. The molecular formula is C24H24N4O5. The Morgan fingerprint density at radius 3 is 2.45 bits per heavy atom. The first-order valence-corrected chi connectivity index (χ1v) is 10.6. The second kappa shape index (κ2) is 8.50. The second-order valence-electron chi connectivity index (χ2n) is 7.94. The van der Waals surface area contributed by atoms with Crippen LogP contribution in [0.3, 0.4) is 0 Å². The largest absolute Gasteiger partial charge is 0.497 e. The second-order valence-corrected chi connectivity index (χ2v) is 7.94. The molecule has 2 atom stereocenters. The predicted octanol–water partition coefficient (Wildman–Crippen LogP) is 4.07. The molecular weight excluding hydrogens is 424 g/mol. The molecule has 9 nitrogen and oxygen atoms in total. The molecule has 2 aliphatic rings. The van der Waals surface area contributed by atoms with E-state index >= 15 is 0 Å². The number of anilines is 2. The Hall–Kier alpha value is -4.01. The summed E-state index contributed by atoms with van der Waals surface area (Å²) in [4.78, 5) is 13.6. The maximum absolute atomic E-state index is 13.6. The van der Waals surface area contributed by atoms with Crippen LogP contribution in [0.25, 0.3) is 0 Å². The molecule has 2 heterocycles. The molecule has 1 aliphatic carbocycles. The van der Waals surface area contributed by atoms with E-state index in [4.69, 9.17) is 18.8 Å². The normalized spacial score (nSPS) is 19.5. The fourth-order valence-corrected chi connectivity index (χ4v) is 4.59. The van der Waals surface area contributed by atoms with Gasteiger partial charge in [0.25, 0.3) is 0 Å². The monoisotopic (exact) mass is 448 g/mol. The molecule has 1 aliphatic heterocycles.